The van der Waals surface area contributed by atoms with Crippen molar-refractivity contribution in [2.24, 2.45) is 0 Å². The molecule has 0 aliphatic carbocycles. The molecule has 0 spiro atoms. The van der Waals surface area contributed by atoms with Crippen molar-refractivity contribution < 1.29 is 14.0 Å². The third kappa shape index (κ3) is 5.61. The third-order valence-corrected chi connectivity index (χ3v) is 6.04. The zero-order chi connectivity index (χ0) is 21.6. The molecule has 1 atom stereocenters. The van der Waals surface area contributed by atoms with E-state index in [1.807, 2.05) is 35.2 Å². The molecular formula is C24H29FN4O2. The maximum Gasteiger partial charge on any atom is 0.321 e. The van der Waals surface area contributed by atoms with E-state index in [1.54, 1.807) is 0 Å². The average molecular weight is 425 g/mol. The van der Waals surface area contributed by atoms with Gasteiger partial charge in [0.05, 0.1) is 12.1 Å². The van der Waals surface area contributed by atoms with Gasteiger partial charge in [-0.3, -0.25) is 9.69 Å². The topological polar surface area (TPSA) is 64.7 Å². The number of anilines is 2. The van der Waals surface area contributed by atoms with Crippen LogP contribution in [0, 0.1) is 5.82 Å². The standard InChI is InChI=1S/C24H29FN4O2/c25-21-11-10-19(16-22(21)27-23(30)15-18-7-2-1-3-8-18)26-24(31)29-14-6-9-20(17-29)28-12-4-5-13-28/h1-3,7-8,10-11,16,20H,4-6,9,12-15,17H2,(H,26,31)(H,27,30)/t20-/m0/s1. The SMILES string of the molecule is O=C(Cc1ccccc1)Nc1cc(NC(=O)N2CCC[C@H](N3CCCC3)C2)ccc1F. The predicted molar refractivity (Wildman–Crippen MR) is 120 cm³/mol. The molecule has 31 heavy (non-hydrogen) atoms. The third-order valence-electron chi connectivity index (χ3n) is 6.04. The number of nitrogens with one attached hydrogen (secondary N) is 2. The van der Waals surface area contributed by atoms with Gasteiger partial charge in [0.1, 0.15) is 5.82 Å². The number of benzene rings is 2. The molecule has 0 bridgehead atoms. The zero-order valence-electron chi connectivity index (χ0n) is 17.6. The van der Waals surface area contributed by atoms with E-state index in [9.17, 15) is 14.0 Å². The maximum atomic E-state index is 14.2. The molecule has 164 valence electrons. The highest BCUT2D eigenvalue weighted by atomic mass is 19.1. The maximum absolute atomic E-state index is 14.2. The van der Waals surface area contributed by atoms with Crippen LogP contribution in [0.5, 0.6) is 0 Å². The molecule has 3 amide bonds. The molecule has 2 N–H and O–H groups in total. The van der Waals surface area contributed by atoms with E-state index >= 15 is 0 Å². The first-order valence-corrected chi connectivity index (χ1v) is 11.0. The van der Waals surface area contributed by atoms with Crippen LogP contribution >= 0.6 is 0 Å². The Balaban J connectivity index is 1.36. The highest BCUT2D eigenvalue weighted by Crippen LogP contribution is 2.23. The van der Waals surface area contributed by atoms with Crippen LogP contribution in [0.4, 0.5) is 20.6 Å². The van der Waals surface area contributed by atoms with Crippen LogP contribution in [0.15, 0.2) is 48.5 Å². The van der Waals surface area contributed by atoms with Crippen molar-refractivity contribution in [1.82, 2.24) is 9.80 Å². The molecule has 2 heterocycles. The highest BCUT2D eigenvalue weighted by Gasteiger charge is 2.29. The number of nitrogens with zero attached hydrogens (tertiary/aromatic N) is 2. The Morgan fingerprint density at radius 1 is 0.968 bits per heavy atom. The van der Waals surface area contributed by atoms with Gasteiger partial charge < -0.3 is 15.5 Å². The number of hydrogen-bond acceptors (Lipinski definition) is 3. The van der Waals surface area contributed by atoms with Gasteiger partial charge in [-0.2, -0.15) is 0 Å². The molecule has 0 aromatic heterocycles. The van der Waals surface area contributed by atoms with Crippen molar-refractivity contribution in [2.75, 3.05) is 36.8 Å². The summed E-state index contributed by atoms with van der Waals surface area (Å²) < 4.78 is 14.2. The van der Waals surface area contributed by atoms with E-state index in [1.165, 1.54) is 31.0 Å². The number of piperidine rings is 1. The number of rotatable bonds is 5. The number of hydrogen-bond donors (Lipinski definition) is 2. The van der Waals surface area contributed by atoms with Crippen molar-refractivity contribution >= 4 is 23.3 Å². The first-order valence-electron chi connectivity index (χ1n) is 11.0. The Kier molecular flexibility index (Phi) is 6.82. The Labute approximate surface area is 182 Å². The number of halogens is 1. The molecule has 2 aliphatic rings. The summed E-state index contributed by atoms with van der Waals surface area (Å²) >= 11 is 0. The molecule has 0 radical (unpaired) electrons. The minimum atomic E-state index is -0.536. The van der Waals surface area contributed by atoms with E-state index in [0.717, 1.165) is 38.0 Å². The number of likely N-dealkylation sites (tertiary alicyclic amines) is 2. The summed E-state index contributed by atoms with van der Waals surface area (Å²) in [5.41, 5.74) is 1.37. The second-order valence-electron chi connectivity index (χ2n) is 8.32. The lowest BCUT2D eigenvalue weighted by Gasteiger charge is -2.37. The normalized spacial score (nSPS) is 19.3. The van der Waals surface area contributed by atoms with Crippen molar-refractivity contribution in [2.45, 2.75) is 38.1 Å². The Morgan fingerprint density at radius 3 is 2.52 bits per heavy atom. The van der Waals surface area contributed by atoms with E-state index in [0.29, 0.717) is 18.3 Å². The molecule has 2 aromatic rings. The van der Waals surface area contributed by atoms with Crippen LogP contribution in [0.25, 0.3) is 0 Å². The van der Waals surface area contributed by atoms with Crippen molar-refractivity contribution in [3.63, 3.8) is 0 Å². The Morgan fingerprint density at radius 2 is 1.74 bits per heavy atom. The van der Waals surface area contributed by atoms with Gasteiger partial charge in [0.2, 0.25) is 5.91 Å². The van der Waals surface area contributed by atoms with Crippen LogP contribution < -0.4 is 10.6 Å². The van der Waals surface area contributed by atoms with Gasteiger partial charge in [0.25, 0.3) is 0 Å². The second kappa shape index (κ2) is 9.92. The van der Waals surface area contributed by atoms with Crippen LogP contribution in [-0.4, -0.2) is 54.0 Å². The first kappa shape index (κ1) is 21.3. The summed E-state index contributed by atoms with van der Waals surface area (Å²) in [6, 6.07) is 13.8. The fraction of sp³-hybridized carbons (Fsp3) is 0.417. The molecule has 7 heteroatoms. The lowest BCUT2D eigenvalue weighted by Crippen LogP contribution is -2.50. The molecule has 6 nitrogen and oxygen atoms in total. The number of amides is 3. The van der Waals surface area contributed by atoms with Gasteiger partial charge in [-0.05, 0) is 62.5 Å². The van der Waals surface area contributed by atoms with Crippen molar-refractivity contribution in [3.05, 3.63) is 59.9 Å². The van der Waals surface area contributed by atoms with Gasteiger partial charge in [-0.25, -0.2) is 9.18 Å². The molecule has 0 saturated carbocycles. The lowest BCUT2D eigenvalue weighted by atomic mass is 10.0. The van der Waals surface area contributed by atoms with Crippen molar-refractivity contribution in [1.29, 1.82) is 0 Å². The number of carbonyl (C=O) groups is 2. The Hall–Kier alpha value is -2.93. The highest BCUT2D eigenvalue weighted by molar-refractivity contribution is 5.94. The number of carbonyl (C=O) groups excluding carboxylic acids is 2. The summed E-state index contributed by atoms with van der Waals surface area (Å²) in [6.45, 7) is 3.67. The largest absolute Gasteiger partial charge is 0.323 e. The molecule has 2 fully saturated rings. The lowest BCUT2D eigenvalue weighted by molar-refractivity contribution is -0.115. The average Bonchev–Trinajstić information content (AvgIpc) is 3.32. The summed E-state index contributed by atoms with van der Waals surface area (Å²) in [7, 11) is 0. The van der Waals surface area contributed by atoms with Gasteiger partial charge >= 0.3 is 6.03 Å². The fourth-order valence-corrected chi connectivity index (χ4v) is 4.42. The Bertz CT molecular complexity index is 915. The second-order valence-corrected chi connectivity index (χ2v) is 8.32. The van der Waals surface area contributed by atoms with E-state index < -0.39 is 5.82 Å². The summed E-state index contributed by atoms with van der Waals surface area (Å²) in [5.74, 6) is -0.843. The van der Waals surface area contributed by atoms with Crippen LogP contribution in [0.3, 0.4) is 0 Å². The zero-order valence-corrected chi connectivity index (χ0v) is 17.6. The fourth-order valence-electron chi connectivity index (χ4n) is 4.42. The molecule has 4 rings (SSSR count). The van der Waals surface area contributed by atoms with E-state index in [4.69, 9.17) is 0 Å². The van der Waals surface area contributed by atoms with Gasteiger partial charge in [0, 0.05) is 24.8 Å². The van der Waals surface area contributed by atoms with E-state index in [2.05, 4.69) is 15.5 Å². The summed E-state index contributed by atoms with van der Waals surface area (Å²) in [4.78, 5) is 29.4. The van der Waals surface area contributed by atoms with Crippen LogP contribution in [-0.2, 0) is 11.2 Å². The summed E-state index contributed by atoms with van der Waals surface area (Å²) in [6.07, 6.45) is 4.73. The summed E-state index contributed by atoms with van der Waals surface area (Å²) in [5, 5.41) is 5.47. The van der Waals surface area contributed by atoms with Gasteiger partial charge in [-0.15, -0.1) is 0 Å². The quantitative estimate of drug-likeness (QED) is 0.760. The molecular weight excluding hydrogens is 395 g/mol. The smallest absolute Gasteiger partial charge is 0.321 e. The van der Waals surface area contributed by atoms with Crippen LogP contribution in [0.2, 0.25) is 0 Å². The minimum absolute atomic E-state index is 0.0623. The monoisotopic (exact) mass is 424 g/mol. The van der Waals surface area contributed by atoms with Crippen LogP contribution in [0.1, 0.15) is 31.2 Å². The van der Waals surface area contributed by atoms with Gasteiger partial charge in [0.15, 0.2) is 0 Å². The minimum Gasteiger partial charge on any atom is -0.323 e. The van der Waals surface area contributed by atoms with Crippen molar-refractivity contribution in [3.8, 4) is 0 Å². The van der Waals surface area contributed by atoms with Gasteiger partial charge in [-0.1, -0.05) is 30.3 Å². The molecule has 2 aliphatic heterocycles. The van der Waals surface area contributed by atoms with E-state index in [-0.39, 0.29) is 24.0 Å². The predicted octanol–water partition coefficient (Wildman–Crippen LogP) is 4.10. The number of urea groups is 1. The molecule has 2 saturated heterocycles. The molecule has 2 aromatic carbocycles. The molecule has 0 unspecified atom stereocenters. The first-order chi connectivity index (χ1) is 15.1.